The Labute approximate surface area is 489 Å². The van der Waals surface area contributed by atoms with E-state index in [1.165, 1.54) is 46.1 Å². The average Bonchev–Trinajstić information content (AvgIpc) is 0.700. The Balaban J connectivity index is 1.56. The lowest BCUT2D eigenvalue weighted by Crippen LogP contribution is -2.82. The molecule has 1 unspecified atom stereocenters. The highest BCUT2D eigenvalue weighted by molar-refractivity contribution is 5.96. The Morgan fingerprint density at radius 3 is 1.99 bits per heavy atom. The van der Waals surface area contributed by atoms with Crippen molar-refractivity contribution >= 4 is 41.7 Å². The van der Waals surface area contributed by atoms with Crippen LogP contribution in [0.4, 0.5) is 4.79 Å². The number of methoxy groups -OCH3 is 1. The van der Waals surface area contributed by atoms with E-state index in [0.29, 0.717) is 24.8 Å². The molecule has 0 aromatic heterocycles. The van der Waals surface area contributed by atoms with Crippen LogP contribution >= 0.6 is 0 Å². The van der Waals surface area contributed by atoms with Crippen LogP contribution in [0.25, 0.3) is 0 Å². The van der Waals surface area contributed by atoms with Crippen molar-refractivity contribution in [1.82, 2.24) is 5.32 Å². The van der Waals surface area contributed by atoms with Gasteiger partial charge in [0, 0.05) is 38.0 Å². The Morgan fingerprint density at radius 1 is 0.843 bits per heavy atom. The third-order valence-corrected chi connectivity index (χ3v) is 15.9. The predicted octanol–water partition coefficient (Wildman–Crippen LogP) is 10.3. The number of ether oxygens (including phenoxy) is 8. The van der Waals surface area contributed by atoms with Crippen LogP contribution in [0.2, 0.25) is 0 Å². The van der Waals surface area contributed by atoms with E-state index in [2.05, 4.69) is 60.8 Å². The van der Waals surface area contributed by atoms with Crippen LogP contribution in [0, 0.1) is 16.7 Å². The molecule has 83 heavy (non-hydrogen) atoms. The molecule has 2 bridgehead atoms. The minimum Gasteiger partial charge on any atom is -0.496 e. The van der Waals surface area contributed by atoms with Crippen LogP contribution in [-0.2, 0) is 57.1 Å². The maximum atomic E-state index is 15.9. The summed E-state index contributed by atoms with van der Waals surface area (Å²) in [7, 11) is 1.35. The second-order valence-corrected chi connectivity index (χ2v) is 23.7. The first-order valence-electron chi connectivity index (χ1n) is 28.9. The predicted molar refractivity (Wildman–Crippen MR) is 311 cm³/mol. The number of carbonyl (C=O) groups excluding carboxylic acids is 7. The lowest BCUT2D eigenvalue weighted by Gasteiger charge is -2.67. The van der Waals surface area contributed by atoms with Crippen molar-refractivity contribution in [3.8, 4) is 5.75 Å². The highest BCUT2D eigenvalue weighted by atomic mass is 16.6. The van der Waals surface area contributed by atoms with Crippen LogP contribution in [0.5, 0.6) is 5.75 Å². The van der Waals surface area contributed by atoms with Crippen LogP contribution in [0.15, 0.2) is 108 Å². The molecule has 1 aromatic rings. The zero-order chi connectivity index (χ0) is 61.5. The summed E-state index contributed by atoms with van der Waals surface area (Å²) in [6.07, 6.45) is 15.4. The molecule has 3 N–H and O–H groups in total. The first kappa shape index (κ1) is 67.2. The molecule has 456 valence electrons. The molecule has 1 aromatic carbocycles. The van der Waals surface area contributed by atoms with Gasteiger partial charge in [0.05, 0.1) is 37.2 Å². The number of hydrogen-bond donors (Lipinski definition) is 3. The number of rotatable bonds is 25. The molecule has 0 radical (unpaired) electrons. The SMILES string of the molecule is CC/C=C\C/C=C\C/C=C\C/C=C\C/C=C\CCCC(=O)O[C@@H](C(=O)O[C@H]1C[C@@]2(O)[C@@H](OC(=O)c3ccccc3OC)C3[C@](C)(C(=O)[C@H](OC(=O)CC)C(=C1C)C2(C)C)[C@@H](O)C[C@H]1OC[C@@]31OC(C)=O)[C@H](C=C(C)C)NC(=O)OC(C)(C)C. The van der Waals surface area contributed by atoms with E-state index >= 15 is 9.59 Å². The average molecular weight is 1160 g/mol. The number of allylic oxidation sites excluding steroid dienone is 11. The lowest BCUT2D eigenvalue weighted by molar-refractivity contribution is -0.346. The summed E-state index contributed by atoms with van der Waals surface area (Å²) in [6.45, 7) is 18.8. The molecule has 1 aliphatic heterocycles. The number of benzene rings is 1. The third-order valence-electron chi connectivity index (χ3n) is 15.9. The van der Waals surface area contributed by atoms with E-state index in [0.717, 1.165) is 32.6 Å². The fourth-order valence-electron chi connectivity index (χ4n) is 11.7. The second-order valence-electron chi connectivity index (χ2n) is 23.7. The molecular weight excluding hydrogens is 1070 g/mol. The number of Topliss-reactive ketones (excluding diaryl/α,β-unsaturated/α-hetero) is 1. The van der Waals surface area contributed by atoms with Crippen molar-refractivity contribution in [2.75, 3.05) is 13.7 Å². The van der Waals surface area contributed by atoms with Gasteiger partial charge in [0.25, 0.3) is 0 Å². The molecule has 18 nitrogen and oxygen atoms in total. The van der Waals surface area contributed by atoms with Gasteiger partial charge in [-0.1, -0.05) is 112 Å². The first-order chi connectivity index (χ1) is 39.1. The second kappa shape index (κ2) is 29.3. The summed E-state index contributed by atoms with van der Waals surface area (Å²) >= 11 is 0. The van der Waals surface area contributed by atoms with E-state index in [4.69, 9.17) is 37.9 Å². The number of nitrogens with one attached hydrogen (secondary N) is 1. The molecule has 3 fully saturated rings. The van der Waals surface area contributed by atoms with Crippen molar-refractivity contribution in [3.63, 3.8) is 0 Å². The number of esters is 5. The summed E-state index contributed by atoms with van der Waals surface area (Å²) < 4.78 is 48.3. The lowest BCUT2D eigenvalue weighted by atomic mass is 9.44. The zero-order valence-corrected chi connectivity index (χ0v) is 50.8. The van der Waals surface area contributed by atoms with Gasteiger partial charge in [0.2, 0.25) is 6.10 Å². The minimum absolute atomic E-state index is 0.0362. The molecule has 1 heterocycles. The van der Waals surface area contributed by atoms with Gasteiger partial charge in [-0.15, -0.1) is 0 Å². The number of fused-ring (bicyclic) bond motifs is 5. The number of ketones is 1. The first-order valence-corrected chi connectivity index (χ1v) is 28.9. The topological polar surface area (TPSA) is 246 Å². The Hall–Kier alpha value is -6.63. The van der Waals surface area contributed by atoms with E-state index in [9.17, 15) is 34.2 Å². The van der Waals surface area contributed by atoms with Crippen molar-refractivity contribution < 1.29 is 81.7 Å². The minimum atomic E-state index is -2.50. The standard InChI is InChI=1S/C65H89NO17/c1-14-16-17-18-19-20-21-22-23-24-25-26-27-28-29-30-31-36-51(70)80-53(45(37-41(3)4)66-60(74)83-61(7,8)9)59(73)78-47-39-65(75)57(81-58(72)44-34-32-33-35-46(44)76-13)55-63(12,48(68)38-49-64(55,40-77-49)82-43(6)67)56(71)54(79-50(69)15-2)52(42(47)5)62(65,10)11/h16-17,19-20,22-23,25-26,28-29,32-35,37,45,47-49,53-55,57,68,75H,14-15,18,21,24,27,30-31,36,38-40H2,1-13H3,(H,66,74)/b17-16-,20-19-,23-22-,26-25-,29-28-/t45-,47-,48-,49+,53+,54+,55?,57-,63+,64-,65+/m0/s1. The maximum absolute atomic E-state index is 15.9. The van der Waals surface area contributed by atoms with Gasteiger partial charge in [0.15, 0.2) is 17.5 Å². The molecule has 2 saturated carbocycles. The molecule has 1 amide bonds. The van der Waals surface area contributed by atoms with Crippen molar-refractivity contribution in [2.24, 2.45) is 16.7 Å². The van der Waals surface area contributed by atoms with Gasteiger partial charge in [-0.2, -0.15) is 0 Å². The number of alkyl carbamates (subject to hydrolysis) is 1. The van der Waals surface area contributed by atoms with Gasteiger partial charge < -0.3 is 53.4 Å². The Kier molecular flexibility index (Phi) is 23.7. The highest BCUT2D eigenvalue weighted by Gasteiger charge is 2.78. The normalized spacial score (nSPS) is 27.4. The van der Waals surface area contributed by atoms with E-state index < -0.39 is 124 Å². The van der Waals surface area contributed by atoms with Crippen molar-refractivity contribution in [2.45, 2.75) is 213 Å². The van der Waals surface area contributed by atoms with Crippen LogP contribution in [0.3, 0.4) is 0 Å². The van der Waals surface area contributed by atoms with Crippen molar-refractivity contribution in [3.05, 3.63) is 113 Å². The Morgan fingerprint density at radius 2 is 1.45 bits per heavy atom. The fraction of sp³-hybridized carbons (Fsp3) is 0.585. The number of unbranched alkanes of at least 4 members (excludes halogenated alkanes) is 1. The summed E-state index contributed by atoms with van der Waals surface area (Å²) in [6, 6.07) is 4.74. The molecular formula is C65H89NO17. The van der Waals surface area contributed by atoms with Crippen LogP contribution in [0.1, 0.15) is 164 Å². The van der Waals surface area contributed by atoms with E-state index in [1.807, 2.05) is 12.2 Å². The summed E-state index contributed by atoms with van der Waals surface area (Å²) in [5.74, 6) is -7.12. The molecule has 3 aliphatic carbocycles. The summed E-state index contributed by atoms with van der Waals surface area (Å²) in [5.41, 5.74) is -8.60. The van der Waals surface area contributed by atoms with Gasteiger partial charge >= 0.3 is 35.9 Å². The highest BCUT2D eigenvalue weighted by Crippen LogP contribution is 2.64. The number of carbonyl (C=O) groups is 7. The molecule has 11 atom stereocenters. The number of hydrogen-bond acceptors (Lipinski definition) is 17. The molecule has 0 spiro atoms. The van der Waals surface area contributed by atoms with E-state index in [1.54, 1.807) is 60.6 Å². The number of amides is 1. The third kappa shape index (κ3) is 16.0. The zero-order valence-electron chi connectivity index (χ0n) is 50.8. The maximum Gasteiger partial charge on any atom is 0.408 e. The number of aliphatic hydroxyl groups is 2. The fourth-order valence-corrected chi connectivity index (χ4v) is 11.7. The molecule has 18 heteroatoms. The monoisotopic (exact) mass is 1160 g/mol. The largest absolute Gasteiger partial charge is 0.496 e. The van der Waals surface area contributed by atoms with Crippen molar-refractivity contribution in [1.29, 1.82) is 0 Å². The summed E-state index contributed by atoms with van der Waals surface area (Å²) in [4.78, 5) is 100. The summed E-state index contributed by atoms with van der Waals surface area (Å²) in [5, 5.41) is 29.1. The van der Waals surface area contributed by atoms with Crippen LogP contribution < -0.4 is 10.1 Å². The van der Waals surface area contributed by atoms with Gasteiger partial charge in [-0.25, -0.2) is 14.4 Å². The molecule has 5 rings (SSSR count). The van der Waals surface area contributed by atoms with Gasteiger partial charge in [-0.3, -0.25) is 19.2 Å². The van der Waals surface area contributed by atoms with Crippen LogP contribution in [-0.4, -0.2) is 125 Å². The number of para-hydroxylation sites is 1. The Bertz CT molecular complexity index is 2720. The quantitative estimate of drug-likeness (QED) is 0.0357. The smallest absolute Gasteiger partial charge is 0.408 e. The number of aliphatic hydroxyl groups excluding tert-OH is 1. The molecule has 1 saturated heterocycles. The van der Waals surface area contributed by atoms with Gasteiger partial charge in [0.1, 0.15) is 40.8 Å². The molecule has 4 aliphatic rings. The van der Waals surface area contributed by atoms with Gasteiger partial charge in [-0.05, 0) is 117 Å². The van der Waals surface area contributed by atoms with E-state index in [-0.39, 0.29) is 48.3 Å².